The molecule has 2 aliphatic heterocycles. The maximum absolute atomic E-state index is 11.5. The molecular weight excluding hydrogens is 202 g/mol. The van der Waals surface area contributed by atoms with E-state index in [0.29, 0.717) is 17.9 Å². The van der Waals surface area contributed by atoms with E-state index in [-0.39, 0.29) is 5.60 Å². The summed E-state index contributed by atoms with van der Waals surface area (Å²) in [6, 6.07) is 1.05. The smallest absolute Gasteiger partial charge is 0.136 e. The van der Waals surface area contributed by atoms with Crippen molar-refractivity contribution in [2.75, 3.05) is 13.7 Å². The Morgan fingerprint density at radius 3 is 2.38 bits per heavy atom. The van der Waals surface area contributed by atoms with E-state index in [1.807, 2.05) is 7.11 Å². The molecule has 0 spiro atoms. The van der Waals surface area contributed by atoms with E-state index < -0.39 is 0 Å². The molecule has 3 heteroatoms. The summed E-state index contributed by atoms with van der Waals surface area (Å²) in [5.74, 6) is 0.476. The largest absolute Gasteiger partial charge is 0.377 e. The molecule has 2 bridgehead atoms. The van der Waals surface area contributed by atoms with E-state index in [4.69, 9.17) is 4.74 Å². The summed E-state index contributed by atoms with van der Waals surface area (Å²) in [5.41, 5.74) is 0.126. The average molecular weight is 223 g/mol. The highest BCUT2D eigenvalue weighted by molar-refractivity contribution is 5.80. The molecule has 3 aliphatic rings. The van der Waals surface area contributed by atoms with Gasteiger partial charge in [-0.05, 0) is 32.1 Å². The fraction of sp³-hybridized carbons (Fsp3) is 0.923. The highest BCUT2D eigenvalue weighted by Gasteiger charge is 2.46. The van der Waals surface area contributed by atoms with Gasteiger partial charge < -0.3 is 4.74 Å². The summed E-state index contributed by atoms with van der Waals surface area (Å²) in [5, 5.41) is 0. The molecule has 2 atom stereocenters. The van der Waals surface area contributed by atoms with Crippen LogP contribution in [0.3, 0.4) is 0 Å². The standard InChI is InChI=1S/C13H21NO2/c1-16-13(5-2-6-13)9-14-10-3-4-11(14)8-12(15)7-10/h10-11H,2-9H2,1H3. The van der Waals surface area contributed by atoms with Gasteiger partial charge in [-0.3, -0.25) is 9.69 Å². The molecule has 1 aliphatic carbocycles. The second-order valence-electron chi connectivity index (χ2n) is 5.74. The predicted octanol–water partition coefficient (Wildman–Crippen LogP) is 1.75. The molecule has 0 radical (unpaired) electrons. The minimum absolute atomic E-state index is 0.126. The molecule has 0 amide bonds. The van der Waals surface area contributed by atoms with E-state index in [2.05, 4.69) is 4.90 Å². The number of ketones is 1. The molecule has 0 aromatic heterocycles. The van der Waals surface area contributed by atoms with Gasteiger partial charge in [0.25, 0.3) is 0 Å². The minimum Gasteiger partial charge on any atom is -0.377 e. The zero-order chi connectivity index (χ0) is 11.2. The number of carbonyl (C=O) groups is 1. The average Bonchev–Trinajstić information content (AvgIpc) is 2.45. The lowest BCUT2D eigenvalue weighted by molar-refractivity contribution is -0.129. The van der Waals surface area contributed by atoms with Crippen molar-refractivity contribution in [1.29, 1.82) is 0 Å². The van der Waals surface area contributed by atoms with Gasteiger partial charge in [0.2, 0.25) is 0 Å². The number of Topliss-reactive ketones (excluding diaryl/α,β-unsaturated/α-hetero) is 1. The Morgan fingerprint density at radius 1 is 1.31 bits per heavy atom. The Hall–Kier alpha value is -0.410. The third-order valence-electron chi connectivity index (χ3n) is 4.87. The van der Waals surface area contributed by atoms with Crippen LogP contribution >= 0.6 is 0 Å². The Balaban J connectivity index is 1.69. The fourth-order valence-electron chi connectivity index (χ4n) is 3.65. The van der Waals surface area contributed by atoms with Crippen molar-refractivity contribution in [1.82, 2.24) is 4.90 Å². The third kappa shape index (κ3) is 1.61. The number of nitrogens with zero attached hydrogens (tertiary/aromatic N) is 1. The summed E-state index contributed by atoms with van der Waals surface area (Å²) in [6.07, 6.45) is 7.72. The van der Waals surface area contributed by atoms with Crippen molar-refractivity contribution in [2.45, 2.75) is 62.6 Å². The van der Waals surface area contributed by atoms with Crippen LogP contribution in [-0.2, 0) is 9.53 Å². The molecule has 0 N–H and O–H groups in total. The molecule has 0 aromatic carbocycles. The first-order valence-electron chi connectivity index (χ1n) is 6.55. The number of ether oxygens (including phenoxy) is 1. The van der Waals surface area contributed by atoms with Crippen molar-refractivity contribution in [3.63, 3.8) is 0 Å². The van der Waals surface area contributed by atoms with Crippen molar-refractivity contribution in [3.8, 4) is 0 Å². The van der Waals surface area contributed by atoms with E-state index in [1.165, 1.54) is 32.1 Å². The summed E-state index contributed by atoms with van der Waals surface area (Å²) < 4.78 is 5.70. The Morgan fingerprint density at radius 2 is 1.94 bits per heavy atom. The lowest BCUT2D eigenvalue weighted by atomic mass is 9.79. The lowest BCUT2D eigenvalue weighted by Crippen LogP contribution is -2.54. The van der Waals surface area contributed by atoms with Crippen LogP contribution in [0, 0.1) is 0 Å². The number of hydrogen-bond acceptors (Lipinski definition) is 3. The monoisotopic (exact) mass is 223 g/mol. The van der Waals surface area contributed by atoms with Crippen molar-refractivity contribution in [2.24, 2.45) is 0 Å². The zero-order valence-electron chi connectivity index (χ0n) is 10.1. The maximum atomic E-state index is 11.5. The molecule has 2 saturated heterocycles. The van der Waals surface area contributed by atoms with Gasteiger partial charge in [0.05, 0.1) is 5.60 Å². The van der Waals surface area contributed by atoms with Crippen LogP contribution in [0.4, 0.5) is 0 Å². The van der Waals surface area contributed by atoms with Crippen molar-refractivity contribution < 1.29 is 9.53 Å². The number of rotatable bonds is 3. The molecular formula is C13H21NO2. The van der Waals surface area contributed by atoms with Crippen molar-refractivity contribution in [3.05, 3.63) is 0 Å². The molecule has 16 heavy (non-hydrogen) atoms. The highest BCUT2D eigenvalue weighted by Crippen LogP contribution is 2.41. The first-order valence-corrected chi connectivity index (χ1v) is 6.55. The first-order chi connectivity index (χ1) is 7.72. The number of hydrogen-bond donors (Lipinski definition) is 0. The number of fused-ring (bicyclic) bond motifs is 2. The molecule has 3 fully saturated rings. The van der Waals surface area contributed by atoms with Gasteiger partial charge in [0, 0.05) is 38.6 Å². The summed E-state index contributed by atoms with van der Waals surface area (Å²) in [4.78, 5) is 14.1. The van der Waals surface area contributed by atoms with E-state index in [9.17, 15) is 4.79 Å². The predicted molar refractivity (Wildman–Crippen MR) is 61.3 cm³/mol. The van der Waals surface area contributed by atoms with Gasteiger partial charge in [0.1, 0.15) is 5.78 Å². The third-order valence-corrected chi connectivity index (χ3v) is 4.87. The molecule has 1 saturated carbocycles. The normalized spacial score (nSPS) is 37.4. The van der Waals surface area contributed by atoms with Gasteiger partial charge >= 0.3 is 0 Å². The Bertz CT molecular complexity index is 277. The second kappa shape index (κ2) is 3.81. The van der Waals surface area contributed by atoms with Crippen LogP contribution in [0.25, 0.3) is 0 Å². The quantitative estimate of drug-likeness (QED) is 0.730. The number of piperidine rings is 1. The first kappa shape index (κ1) is 10.7. The van der Waals surface area contributed by atoms with Gasteiger partial charge in [-0.1, -0.05) is 0 Å². The maximum Gasteiger partial charge on any atom is 0.136 e. The van der Waals surface area contributed by atoms with Crippen LogP contribution in [0.2, 0.25) is 0 Å². The van der Waals surface area contributed by atoms with Crippen LogP contribution in [0.1, 0.15) is 44.9 Å². The Labute approximate surface area is 97.1 Å². The van der Waals surface area contributed by atoms with E-state index in [1.54, 1.807) is 0 Å². The van der Waals surface area contributed by atoms with Crippen LogP contribution in [0.5, 0.6) is 0 Å². The van der Waals surface area contributed by atoms with Crippen LogP contribution in [0.15, 0.2) is 0 Å². The molecule has 90 valence electrons. The Kier molecular flexibility index (Phi) is 2.55. The zero-order valence-corrected chi connectivity index (χ0v) is 10.1. The van der Waals surface area contributed by atoms with E-state index >= 15 is 0 Å². The van der Waals surface area contributed by atoms with Gasteiger partial charge in [-0.15, -0.1) is 0 Å². The molecule has 2 heterocycles. The molecule has 0 aromatic rings. The van der Waals surface area contributed by atoms with Gasteiger partial charge in [-0.2, -0.15) is 0 Å². The van der Waals surface area contributed by atoms with Crippen molar-refractivity contribution >= 4 is 5.78 Å². The van der Waals surface area contributed by atoms with Gasteiger partial charge in [0.15, 0.2) is 0 Å². The highest BCUT2D eigenvalue weighted by atomic mass is 16.5. The summed E-state index contributed by atoms with van der Waals surface area (Å²) in [7, 11) is 1.84. The van der Waals surface area contributed by atoms with E-state index in [0.717, 1.165) is 19.4 Å². The number of carbonyl (C=O) groups excluding carboxylic acids is 1. The summed E-state index contributed by atoms with van der Waals surface area (Å²) >= 11 is 0. The molecule has 3 nitrogen and oxygen atoms in total. The van der Waals surface area contributed by atoms with Gasteiger partial charge in [-0.25, -0.2) is 0 Å². The second-order valence-corrected chi connectivity index (χ2v) is 5.74. The topological polar surface area (TPSA) is 29.5 Å². The summed E-state index contributed by atoms with van der Waals surface area (Å²) in [6.45, 7) is 1.06. The molecule has 2 unspecified atom stereocenters. The molecule has 3 rings (SSSR count). The fourth-order valence-corrected chi connectivity index (χ4v) is 3.65. The van der Waals surface area contributed by atoms with Crippen LogP contribution in [-0.4, -0.2) is 42.0 Å². The lowest BCUT2D eigenvalue weighted by Gasteiger charge is -2.46. The SMILES string of the molecule is COC1(CN2C3CCC2CC(=O)C3)CCC1. The number of methoxy groups -OCH3 is 1. The van der Waals surface area contributed by atoms with Crippen LogP contribution < -0.4 is 0 Å². The minimum atomic E-state index is 0.126.